The first kappa shape index (κ1) is 11.7. The molecule has 4 nitrogen and oxygen atoms in total. The molecule has 0 fully saturated rings. The van der Waals surface area contributed by atoms with E-state index in [-0.39, 0.29) is 23.9 Å². The molecule has 0 radical (unpaired) electrons. The fourth-order valence-electron chi connectivity index (χ4n) is 2.49. The lowest BCUT2D eigenvalue weighted by molar-refractivity contribution is -0.135. The molecule has 1 aromatic heterocycles. The highest BCUT2D eigenvalue weighted by Crippen LogP contribution is 2.36. The number of esters is 1. The maximum Gasteiger partial charge on any atom is 0.312 e. The van der Waals surface area contributed by atoms with Crippen molar-refractivity contribution in [3.8, 4) is 5.75 Å². The fourth-order valence-corrected chi connectivity index (χ4v) is 2.49. The van der Waals surface area contributed by atoms with Gasteiger partial charge in [0.05, 0.1) is 12.0 Å². The van der Waals surface area contributed by atoms with Gasteiger partial charge in [0.1, 0.15) is 5.75 Å². The van der Waals surface area contributed by atoms with Gasteiger partial charge in [0.15, 0.2) is 0 Å². The molecule has 2 aromatic rings. The molecule has 19 heavy (non-hydrogen) atoms. The number of nitrogens with one attached hydrogen (secondary N) is 1. The summed E-state index contributed by atoms with van der Waals surface area (Å²) >= 11 is 0. The lowest BCUT2D eigenvalue weighted by Crippen LogP contribution is -2.28. The predicted molar refractivity (Wildman–Crippen MR) is 70.3 cm³/mol. The third-order valence-corrected chi connectivity index (χ3v) is 3.31. The van der Waals surface area contributed by atoms with Crippen molar-refractivity contribution in [1.82, 2.24) is 4.98 Å². The zero-order valence-electron chi connectivity index (χ0n) is 10.5. The molecule has 1 aliphatic rings. The zero-order valence-corrected chi connectivity index (χ0v) is 10.5. The van der Waals surface area contributed by atoms with Crippen molar-refractivity contribution in [2.75, 3.05) is 0 Å². The molecule has 0 aliphatic carbocycles. The SMILES string of the molecule is Cc1cc2c(c(=O)[nH]1)C(c1ccccc1)CC(=O)O2. The van der Waals surface area contributed by atoms with Gasteiger partial charge in [-0.05, 0) is 12.5 Å². The van der Waals surface area contributed by atoms with E-state index >= 15 is 0 Å². The average molecular weight is 255 g/mol. The molecule has 1 N–H and O–H groups in total. The number of hydrogen-bond donors (Lipinski definition) is 1. The molecule has 2 heterocycles. The number of aromatic amines is 1. The summed E-state index contributed by atoms with van der Waals surface area (Å²) in [7, 11) is 0. The molecule has 0 amide bonds. The number of benzene rings is 1. The second-order valence-corrected chi connectivity index (χ2v) is 4.70. The van der Waals surface area contributed by atoms with Crippen LogP contribution in [-0.2, 0) is 4.79 Å². The Morgan fingerprint density at radius 2 is 1.95 bits per heavy atom. The summed E-state index contributed by atoms with van der Waals surface area (Å²) in [5.74, 6) is -0.153. The summed E-state index contributed by atoms with van der Waals surface area (Å²) in [4.78, 5) is 26.6. The van der Waals surface area contributed by atoms with Gasteiger partial charge in [-0.15, -0.1) is 0 Å². The van der Waals surface area contributed by atoms with Crippen molar-refractivity contribution in [2.45, 2.75) is 19.3 Å². The van der Waals surface area contributed by atoms with E-state index in [2.05, 4.69) is 4.98 Å². The Hall–Kier alpha value is -2.36. The molecular formula is C15H13NO3. The Labute approximate surface area is 110 Å². The van der Waals surface area contributed by atoms with Gasteiger partial charge in [-0.25, -0.2) is 0 Å². The Morgan fingerprint density at radius 1 is 1.21 bits per heavy atom. The van der Waals surface area contributed by atoms with Crippen LogP contribution in [0.15, 0.2) is 41.2 Å². The average Bonchev–Trinajstić information content (AvgIpc) is 2.38. The summed E-state index contributed by atoms with van der Waals surface area (Å²) in [6.45, 7) is 1.77. The second-order valence-electron chi connectivity index (χ2n) is 4.70. The maximum atomic E-state index is 12.1. The Morgan fingerprint density at radius 3 is 2.68 bits per heavy atom. The van der Waals surface area contributed by atoms with Crippen LogP contribution in [0, 0.1) is 6.92 Å². The third-order valence-electron chi connectivity index (χ3n) is 3.31. The van der Waals surface area contributed by atoms with E-state index in [9.17, 15) is 9.59 Å². The van der Waals surface area contributed by atoms with E-state index in [0.717, 1.165) is 5.56 Å². The molecule has 0 spiro atoms. The van der Waals surface area contributed by atoms with E-state index in [1.54, 1.807) is 13.0 Å². The fraction of sp³-hybridized carbons (Fsp3) is 0.200. The lowest BCUT2D eigenvalue weighted by Gasteiger charge is -2.24. The van der Waals surface area contributed by atoms with Crippen molar-refractivity contribution in [2.24, 2.45) is 0 Å². The van der Waals surface area contributed by atoms with Gasteiger partial charge in [-0.2, -0.15) is 0 Å². The summed E-state index contributed by atoms with van der Waals surface area (Å²) in [5, 5.41) is 0. The Bertz CT molecular complexity index is 688. The maximum absolute atomic E-state index is 12.1. The van der Waals surface area contributed by atoms with Crippen molar-refractivity contribution in [3.05, 3.63) is 63.6 Å². The van der Waals surface area contributed by atoms with E-state index < -0.39 is 0 Å². The number of H-pyrrole nitrogens is 1. The molecule has 1 unspecified atom stereocenters. The quantitative estimate of drug-likeness (QED) is 0.794. The molecule has 1 aliphatic heterocycles. The normalized spacial score (nSPS) is 17.7. The van der Waals surface area contributed by atoms with Gasteiger partial charge < -0.3 is 9.72 Å². The van der Waals surface area contributed by atoms with Crippen LogP contribution >= 0.6 is 0 Å². The summed E-state index contributed by atoms with van der Waals surface area (Å²) in [6, 6.07) is 11.3. The number of rotatable bonds is 1. The van der Waals surface area contributed by atoms with Crippen LogP contribution in [-0.4, -0.2) is 11.0 Å². The number of ether oxygens (including phenoxy) is 1. The van der Waals surface area contributed by atoms with Gasteiger partial charge >= 0.3 is 5.97 Å². The Balaban J connectivity index is 2.20. The van der Waals surface area contributed by atoms with Crippen LogP contribution in [0.1, 0.15) is 29.2 Å². The minimum absolute atomic E-state index is 0.184. The number of aryl methyl sites for hydroxylation is 1. The topological polar surface area (TPSA) is 59.2 Å². The zero-order chi connectivity index (χ0) is 13.4. The highest BCUT2D eigenvalue weighted by molar-refractivity contribution is 5.77. The minimum atomic E-state index is -0.300. The van der Waals surface area contributed by atoms with Crippen molar-refractivity contribution < 1.29 is 9.53 Å². The van der Waals surface area contributed by atoms with Crippen molar-refractivity contribution >= 4 is 5.97 Å². The molecule has 0 saturated carbocycles. The van der Waals surface area contributed by atoms with E-state index in [0.29, 0.717) is 17.0 Å². The van der Waals surface area contributed by atoms with Crippen molar-refractivity contribution in [3.63, 3.8) is 0 Å². The van der Waals surface area contributed by atoms with Crippen LogP contribution in [0.2, 0.25) is 0 Å². The molecule has 0 bridgehead atoms. The minimum Gasteiger partial charge on any atom is -0.426 e. The number of fused-ring (bicyclic) bond motifs is 1. The van der Waals surface area contributed by atoms with Gasteiger partial charge in [0.2, 0.25) is 0 Å². The van der Waals surface area contributed by atoms with E-state index in [1.165, 1.54) is 0 Å². The second kappa shape index (κ2) is 4.39. The van der Waals surface area contributed by atoms with Crippen LogP contribution < -0.4 is 10.3 Å². The number of aromatic nitrogens is 1. The standard InChI is InChI=1S/C15H13NO3/c1-9-7-12-14(15(18)16-9)11(8-13(17)19-12)10-5-3-2-4-6-10/h2-7,11H,8H2,1H3,(H,16,18). The van der Waals surface area contributed by atoms with Gasteiger partial charge in [0.25, 0.3) is 5.56 Å². The summed E-state index contributed by atoms with van der Waals surface area (Å²) in [5.41, 5.74) is 1.99. The smallest absolute Gasteiger partial charge is 0.312 e. The summed E-state index contributed by atoms with van der Waals surface area (Å²) in [6.07, 6.45) is 0.198. The highest BCUT2D eigenvalue weighted by atomic mass is 16.5. The molecule has 0 saturated heterocycles. The molecular weight excluding hydrogens is 242 g/mol. The van der Waals surface area contributed by atoms with Crippen LogP contribution in [0.25, 0.3) is 0 Å². The van der Waals surface area contributed by atoms with Gasteiger partial charge in [0, 0.05) is 17.7 Å². The van der Waals surface area contributed by atoms with Crippen LogP contribution in [0.4, 0.5) is 0 Å². The lowest BCUT2D eigenvalue weighted by atomic mass is 9.87. The highest BCUT2D eigenvalue weighted by Gasteiger charge is 2.31. The first-order valence-electron chi connectivity index (χ1n) is 6.14. The van der Waals surface area contributed by atoms with E-state index in [4.69, 9.17) is 4.74 Å². The largest absolute Gasteiger partial charge is 0.426 e. The molecule has 96 valence electrons. The first-order chi connectivity index (χ1) is 9.15. The summed E-state index contributed by atoms with van der Waals surface area (Å²) < 4.78 is 5.19. The Kier molecular flexibility index (Phi) is 2.71. The molecule has 4 heteroatoms. The van der Waals surface area contributed by atoms with Gasteiger partial charge in [-0.3, -0.25) is 9.59 Å². The monoisotopic (exact) mass is 255 g/mol. The molecule has 1 atom stereocenters. The number of carbonyl (C=O) groups is 1. The predicted octanol–water partition coefficient (Wildman–Crippen LogP) is 2.12. The number of hydrogen-bond acceptors (Lipinski definition) is 3. The van der Waals surface area contributed by atoms with Gasteiger partial charge in [-0.1, -0.05) is 30.3 Å². The number of pyridine rings is 1. The van der Waals surface area contributed by atoms with Crippen LogP contribution in [0.5, 0.6) is 5.75 Å². The third kappa shape index (κ3) is 2.05. The van der Waals surface area contributed by atoms with Crippen molar-refractivity contribution in [1.29, 1.82) is 0 Å². The molecule has 3 rings (SSSR count). The van der Waals surface area contributed by atoms with Crippen LogP contribution in [0.3, 0.4) is 0 Å². The number of carbonyl (C=O) groups excluding carboxylic acids is 1. The first-order valence-corrected chi connectivity index (χ1v) is 6.14. The molecule has 1 aromatic carbocycles. The van der Waals surface area contributed by atoms with E-state index in [1.807, 2.05) is 30.3 Å².